The summed E-state index contributed by atoms with van der Waals surface area (Å²) in [4.78, 5) is 35.9. The first-order valence-corrected chi connectivity index (χ1v) is 6.97. The van der Waals surface area contributed by atoms with Gasteiger partial charge in [0.05, 0.1) is 15.9 Å². The molecule has 0 saturated carbocycles. The maximum absolute atomic E-state index is 11.8. The Balaban J connectivity index is 2.43. The molecule has 1 heterocycles. The van der Waals surface area contributed by atoms with E-state index in [0.717, 1.165) is 0 Å². The van der Waals surface area contributed by atoms with E-state index in [1.165, 1.54) is 16.8 Å². The lowest BCUT2D eigenvalue weighted by Crippen LogP contribution is -2.31. The molecule has 1 aromatic heterocycles. The molecule has 0 atom stereocenters. The molecule has 0 aliphatic carbocycles. The smallest absolute Gasteiger partial charge is 0.296 e. The monoisotopic (exact) mass is 353 g/mol. The van der Waals surface area contributed by atoms with Gasteiger partial charge >= 0.3 is 5.69 Å². The Morgan fingerprint density at radius 2 is 2.10 bits per heavy atom. The molecule has 2 aromatic rings. The van der Waals surface area contributed by atoms with Crippen LogP contribution in [0.5, 0.6) is 0 Å². The standard InChI is InChI=1S/C13H12BrN3O4/c1-2-9-7-16(13(19)15-12(9)18)6-8-3-4-10(14)11(5-8)17(20)21/h3-5,7H,2,6H2,1H3,(H,15,18,19). The van der Waals surface area contributed by atoms with E-state index in [4.69, 9.17) is 0 Å². The van der Waals surface area contributed by atoms with Gasteiger partial charge < -0.3 is 0 Å². The minimum absolute atomic E-state index is 0.0688. The topological polar surface area (TPSA) is 98.0 Å². The second-order valence-corrected chi connectivity index (χ2v) is 5.29. The van der Waals surface area contributed by atoms with Crippen molar-refractivity contribution in [3.63, 3.8) is 0 Å². The molecule has 0 radical (unpaired) electrons. The fraction of sp³-hybridized carbons (Fsp3) is 0.231. The van der Waals surface area contributed by atoms with Crippen molar-refractivity contribution in [3.8, 4) is 0 Å². The maximum Gasteiger partial charge on any atom is 0.328 e. The molecular weight excluding hydrogens is 342 g/mol. The van der Waals surface area contributed by atoms with Gasteiger partial charge in [-0.25, -0.2) is 4.79 Å². The summed E-state index contributed by atoms with van der Waals surface area (Å²) in [6.45, 7) is 1.96. The largest absolute Gasteiger partial charge is 0.328 e. The average molecular weight is 354 g/mol. The van der Waals surface area contributed by atoms with Gasteiger partial charge in [-0.15, -0.1) is 0 Å². The summed E-state index contributed by atoms with van der Waals surface area (Å²) in [5.41, 5.74) is 0.0753. The van der Waals surface area contributed by atoms with Crippen molar-refractivity contribution < 1.29 is 4.92 Å². The van der Waals surface area contributed by atoms with E-state index < -0.39 is 16.2 Å². The third kappa shape index (κ3) is 3.27. The SMILES string of the molecule is CCc1cn(Cc2ccc(Br)c([N+](=O)[O-])c2)c(=O)[nH]c1=O. The number of hydrogen-bond donors (Lipinski definition) is 1. The highest BCUT2D eigenvalue weighted by molar-refractivity contribution is 9.10. The number of aryl methyl sites for hydroxylation is 1. The van der Waals surface area contributed by atoms with Crippen LogP contribution in [0.3, 0.4) is 0 Å². The van der Waals surface area contributed by atoms with E-state index in [0.29, 0.717) is 22.0 Å². The van der Waals surface area contributed by atoms with Gasteiger partial charge in [0.1, 0.15) is 0 Å². The highest BCUT2D eigenvalue weighted by Crippen LogP contribution is 2.25. The van der Waals surface area contributed by atoms with Crippen molar-refractivity contribution in [2.75, 3.05) is 0 Å². The number of nitrogens with zero attached hydrogens (tertiary/aromatic N) is 2. The number of nitro benzene ring substituents is 1. The van der Waals surface area contributed by atoms with E-state index >= 15 is 0 Å². The van der Waals surface area contributed by atoms with Crippen LogP contribution in [0.2, 0.25) is 0 Å². The Hall–Kier alpha value is -2.22. The maximum atomic E-state index is 11.8. The minimum atomic E-state index is -0.539. The number of benzene rings is 1. The summed E-state index contributed by atoms with van der Waals surface area (Å²) in [6, 6.07) is 4.64. The number of rotatable bonds is 4. The molecule has 0 bridgehead atoms. The predicted octanol–water partition coefficient (Wildman–Crippen LogP) is 1.82. The highest BCUT2D eigenvalue weighted by Gasteiger charge is 2.13. The second kappa shape index (κ2) is 6.04. The van der Waals surface area contributed by atoms with Crippen molar-refractivity contribution in [3.05, 3.63) is 70.9 Å². The summed E-state index contributed by atoms with van der Waals surface area (Å²) in [7, 11) is 0. The molecule has 0 saturated heterocycles. The molecule has 0 spiro atoms. The number of hydrogen-bond acceptors (Lipinski definition) is 4. The summed E-state index contributed by atoms with van der Waals surface area (Å²) in [5, 5.41) is 10.9. The van der Waals surface area contributed by atoms with Crippen LogP contribution in [0.4, 0.5) is 5.69 Å². The van der Waals surface area contributed by atoms with Crippen LogP contribution >= 0.6 is 15.9 Å². The molecule has 7 nitrogen and oxygen atoms in total. The number of aromatic nitrogens is 2. The summed E-state index contributed by atoms with van der Waals surface area (Å²) in [6.07, 6.45) is 1.98. The van der Waals surface area contributed by atoms with Gasteiger partial charge in [-0.05, 0) is 34.0 Å². The van der Waals surface area contributed by atoms with Gasteiger partial charge in [0.15, 0.2) is 0 Å². The molecule has 0 fully saturated rings. The van der Waals surface area contributed by atoms with Crippen molar-refractivity contribution in [1.82, 2.24) is 9.55 Å². The molecule has 110 valence electrons. The number of aromatic amines is 1. The minimum Gasteiger partial charge on any atom is -0.296 e. The molecule has 1 aromatic carbocycles. The summed E-state index contributed by atoms with van der Waals surface area (Å²) >= 11 is 3.11. The fourth-order valence-electron chi connectivity index (χ4n) is 1.92. The lowest BCUT2D eigenvalue weighted by atomic mass is 10.2. The van der Waals surface area contributed by atoms with Crippen LogP contribution in [0.25, 0.3) is 0 Å². The van der Waals surface area contributed by atoms with Crippen LogP contribution in [-0.4, -0.2) is 14.5 Å². The summed E-state index contributed by atoms with van der Waals surface area (Å²) < 4.78 is 1.70. The molecular formula is C13H12BrN3O4. The van der Waals surface area contributed by atoms with E-state index in [-0.39, 0.29) is 12.2 Å². The Morgan fingerprint density at radius 1 is 1.38 bits per heavy atom. The van der Waals surface area contributed by atoms with E-state index in [1.807, 2.05) is 6.92 Å². The molecule has 0 unspecified atom stereocenters. The van der Waals surface area contributed by atoms with Crippen LogP contribution < -0.4 is 11.2 Å². The van der Waals surface area contributed by atoms with Gasteiger partial charge in [0, 0.05) is 17.8 Å². The van der Waals surface area contributed by atoms with Crippen molar-refractivity contribution in [2.24, 2.45) is 0 Å². The average Bonchev–Trinajstić information content (AvgIpc) is 2.43. The van der Waals surface area contributed by atoms with Crippen molar-refractivity contribution >= 4 is 21.6 Å². The van der Waals surface area contributed by atoms with E-state index in [2.05, 4.69) is 20.9 Å². The molecule has 2 rings (SSSR count). The zero-order chi connectivity index (χ0) is 15.6. The molecule has 1 N–H and O–H groups in total. The van der Waals surface area contributed by atoms with Crippen molar-refractivity contribution in [2.45, 2.75) is 19.9 Å². The van der Waals surface area contributed by atoms with Crippen LogP contribution in [0, 0.1) is 10.1 Å². The van der Waals surface area contributed by atoms with Gasteiger partial charge in [-0.3, -0.25) is 24.5 Å². The van der Waals surface area contributed by atoms with Crippen LogP contribution in [0.1, 0.15) is 18.1 Å². The van der Waals surface area contributed by atoms with Gasteiger partial charge in [-0.2, -0.15) is 0 Å². The van der Waals surface area contributed by atoms with Crippen LogP contribution in [-0.2, 0) is 13.0 Å². The zero-order valence-electron chi connectivity index (χ0n) is 11.1. The lowest BCUT2D eigenvalue weighted by Gasteiger charge is -2.07. The first-order chi connectivity index (χ1) is 9.92. The first kappa shape index (κ1) is 15.2. The number of nitrogens with one attached hydrogen (secondary N) is 1. The van der Waals surface area contributed by atoms with E-state index in [1.54, 1.807) is 12.1 Å². The third-order valence-corrected chi connectivity index (χ3v) is 3.70. The highest BCUT2D eigenvalue weighted by atomic mass is 79.9. The molecule has 0 amide bonds. The van der Waals surface area contributed by atoms with Gasteiger partial charge in [0.25, 0.3) is 11.2 Å². The van der Waals surface area contributed by atoms with E-state index in [9.17, 15) is 19.7 Å². The Kier molecular flexibility index (Phi) is 4.37. The predicted molar refractivity (Wildman–Crippen MR) is 80.6 cm³/mol. The summed E-state index contributed by atoms with van der Waals surface area (Å²) in [5.74, 6) is 0. The zero-order valence-corrected chi connectivity index (χ0v) is 12.7. The first-order valence-electron chi connectivity index (χ1n) is 6.17. The van der Waals surface area contributed by atoms with Crippen molar-refractivity contribution in [1.29, 1.82) is 0 Å². The van der Waals surface area contributed by atoms with Gasteiger partial charge in [-0.1, -0.05) is 13.0 Å². The quantitative estimate of drug-likeness (QED) is 0.669. The second-order valence-electron chi connectivity index (χ2n) is 4.44. The molecule has 0 aliphatic heterocycles. The third-order valence-electron chi connectivity index (χ3n) is 3.03. The number of H-pyrrole nitrogens is 1. The normalized spacial score (nSPS) is 10.6. The van der Waals surface area contributed by atoms with Crippen LogP contribution in [0.15, 0.2) is 38.5 Å². The fourth-order valence-corrected chi connectivity index (χ4v) is 2.31. The Bertz CT molecular complexity index is 810. The number of nitro groups is 1. The Labute approximate surface area is 127 Å². The molecule has 0 aliphatic rings. The lowest BCUT2D eigenvalue weighted by molar-refractivity contribution is -0.385. The molecule has 21 heavy (non-hydrogen) atoms. The van der Waals surface area contributed by atoms with Gasteiger partial charge in [0.2, 0.25) is 0 Å². The molecule has 8 heteroatoms. The number of halogens is 1. The Morgan fingerprint density at radius 3 is 2.71 bits per heavy atom.